The number of carbonyl (C=O) groups is 1. The Balaban J connectivity index is 3.28. The number of hydrogen-bond acceptors (Lipinski definition) is 1. The van der Waals surface area contributed by atoms with Gasteiger partial charge in [-0.15, -0.1) is 0 Å². The molecule has 1 N–H and O–H groups in total. The second-order valence-corrected chi connectivity index (χ2v) is 6.48. The summed E-state index contributed by atoms with van der Waals surface area (Å²) in [6.45, 7) is 6.76. The molecule has 0 bridgehead atoms. The quantitative estimate of drug-likeness (QED) is 0.533. The lowest BCUT2D eigenvalue weighted by molar-refractivity contribution is -0.122. The fraction of sp³-hybridized carbons (Fsp3) is 0.917. The van der Waals surface area contributed by atoms with Crippen LogP contribution >= 0.6 is 15.9 Å². The van der Waals surface area contributed by atoms with E-state index in [0.717, 1.165) is 13.0 Å². The molecule has 0 aromatic heterocycles. The summed E-state index contributed by atoms with van der Waals surface area (Å²) in [7, 11) is 0. The number of nitrogens with one attached hydrogen (secondary N) is 1. The average molecular weight is 278 g/mol. The second-order valence-electron chi connectivity index (χ2n) is 4.50. The molecule has 0 spiro atoms. The van der Waals surface area contributed by atoms with Gasteiger partial charge in [0.25, 0.3) is 0 Å². The Morgan fingerprint density at radius 2 is 1.67 bits per heavy atom. The van der Waals surface area contributed by atoms with Crippen molar-refractivity contribution in [1.29, 1.82) is 0 Å². The van der Waals surface area contributed by atoms with E-state index in [4.69, 9.17) is 0 Å². The van der Waals surface area contributed by atoms with Crippen LogP contribution in [0.4, 0.5) is 0 Å². The van der Waals surface area contributed by atoms with Crippen molar-refractivity contribution < 1.29 is 4.79 Å². The molecule has 0 aliphatic carbocycles. The Hall–Kier alpha value is -0.0500. The van der Waals surface area contributed by atoms with Crippen LogP contribution in [0.25, 0.3) is 0 Å². The third-order valence-corrected chi connectivity index (χ3v) is 2.72. The van der Waals surface area contributed by atoms with Crippen molar-refractivity contribution in [3.8, 4) is 0 Å². The SMILES string of the molecule is CCCCCCCCNC(=O)C(C)(C)Br. The molecule has 0 rings (SSSR count). The van der Waals surface area contributed by atoms with E-state index >= 15 is 0 Å². The van der Waals surface area contributed by atoms with E-state index in [0.29, 0.717) is 0 Å². The molecule has 0 heterocycles. The van der Waals surface area contributed by atoms with Gasteiger partial charge >= 0.3 is 0 Å². The first-order valence-electron chi connectivity index (χ1n) is 5.95. The summed E-state index contributed by atoms with van der Waals surface area (Å²) >= 11 is 3.34. The molecule has 0 aromatic rings. The van der Waals surface area contributed by atoms with Crippen LogP contribution in [0.2, 0.25) is 0 Å². The van der Waals surface area contributed by atoms with Gasteiger partial charge in [-0.2, -0.15) is 0 Å². The molecule has 15 heavy (non-hydrogen) atoms. The van der Waals surface area contributed by atoms with Gasteiger partial charge in [-0.25, -0.2) is 0 Å². The van der Waals surface area contributed by atoms with Crippen LogP contribution < -0.4 is 5.32 Å². The van der Waals surface area contributed by atoms with Crippen molar-refractivity contribution in [3.05, 3.63) is 0 Å². The summed E-state index contributed by atoms with van der Waals surface area (Å²) in [5, 5.41) is 2.93. The standard InChI is InChI=1S/C12H24BrNO/c1-4-5-6-7-8-9-10-14-11(15)12(2,3)13/h4-10H2,1-3H3,(H,14,15). The van der Waals surface area contributed by atoms with Crippen LogP contribution in [-0.4, -0.2) is 16.8 Å². The summed E-state index contributed by atoms with van der Waals surface area (Å²) < 4.78 is -0.435. The molecule has 90 valence electrons. The topological polar surface area (TPSA) is 29.1 Å². The van der Waals surface area contributed by atoms with Gasteiger partial charge in [0.05, 0.1) is 4.32 Å². The highest BCUT2D eigenvalue weighted by atomic mass is 79.9. The van der Waals surface area contributed by atoms with Crippen molar-refractivity contribution in [3.63, 3.8) is 0 Å². The zero-order valence-corrected chi connectivity index (χ0v) is 11.8. The first-order chi connectivity index (χ1) is 6.98. The Labute approximate surface area is 102 Å². The van der Waals surface area contributed by atoms with Crippen LogP contribution in [0.15, 0.2) is 0 Å². The molecule has 0 saturated heterocycles. The highest BCUT2D eigenvalue weighted by Crippen LogP contribution is 2.15. The predicted molar refractivity (Wildman–Crippen MR) is 69.4 cm³/mol. The zero-order chi connectivity index (χ0) is 11.7. The van der Waals surface area contributed by atoms with Gasteiger partial charge < -0.3 is 5.32 Å². The van der Waals surface area contributed by atoms with E-state index in [-0.39, 0.29) is 5.91 Å². The normalized spacial score (nSPS) is 11.5. The number of rotatable bonds is 8. The highest BCUT2D eigenvalue weighted by molar-refractivity contribution is 9.10. The van der Waals surface area contributed by atoms with E-state index in [1.807, 2.05) is 13.8 Å². The van der Waals surface area contributed by atoms with Crippen LogP contribution in [0.5, 0.6) is 0 Å². The van der Waals surface area contributed by atoms with Crippen molar-refractivity contribution in [2.24, 2.45) is 0 Å². The lowest BCUT2D eigenvalue weighted by Gasteiger charge is -2.15. The molecule has 0 aliphatic heterocycles. The maximum Gasteiger partial charge on any atom is 0.236 e. The Kier molecular flexibility index (Phi) is 8.12. The van der Waals surface area contributed by atoms with Crippen LogP contribution in [-0.2, 0) is 4.79 Å². The monoisotopic (exact) mass is 277 g/mol. The van der Waals surface area contributed by atoms with E-state index in [1.165, 1.54) is 32.1 Å². The van der Waals surface area contributed by atoms with Crippen LogP contribution in [0, 0.1) is 0 Å². The number of carbonyl (C=O) groups excluding carboxylic acids is 1. The molecule has 0 fully saturated rings. The van der Waals surface area contributed by atoms with Gasteiger partial charge in [0.1, 0.15) is 0 Å². The summed E-state index contributed by atoms with van der Waals surface area (Å²) in [4.78, 5) is 11.4. The minimum absolute atomic E-state index is 0.0797. The van der Waals surface area contributed by atoms with E-state index in [1.54, 1.807) is 0 Å². The van der Waals surface area contributed by atoms with Crippen molar-refractivity contribution in [2.45, 2.75) is 63.6 Å². The zero-order valence-electron chi connectivity index (χ0n) is 10.2. The molecule has 2 nitrogen and oxygen atoms in total. The Morgan fingerprint density at radius 1 is 1.13 bits per heavy atom. The minimum atomic E-state index is -0.435. The van der Waals surface area contributed by atoms with Crippen molar-refractivity contribution >= 4 is 21.8 Å². The van der Waals surface area contributed by atoms with Crippen LogP contribution in [0.1, 0.15) is 59.3 Å². The Bertz CT molecular complexity index is 175. The lowest BCUT2D eigenvalue weighted by Crippen LogP contribution is -2.37. The van der Waals surface area contributed by atoms with Gasteiger partial charge in [-0.05, 0) is 20.3 Å². The van der Waals surface area contributed by atoms with Gasteiger partial charge in [0.15, 0.2) is 0 Å². The van der Waals surface area contributed by atoms with Gasteiger partial charge in [-0.3, -0.25) is 4.79 Å². The molecule has 0 atom stereocenters. The lowest BCUT2D eigenvalue weighted by atomic mass is 10.1. The number of unbranched alkanes of at least 4 members (excludes halogenated alkanes) is 5. The Morgan fingerprint density at radius 3 is 2.20 bits per heavy atom. The van der Waals surface area contributed by atoms with Gasteiger partial charge in [0, 0.05) is 6.54 Å². The summed E-state index contributed by atoms with van der Waals surface area (Å²) in [6.07, 6.45) is 7.56. The smallest absolute Gasteiger partial charge is 0.236 e. The molecule has 0 saturated carbocycles. The average Bonchev–Trinajstić information content (AvgIpc) is 2.14. The maximum absolute atomic E-state index is 11.4. The molecule has 0 unspecified atom stereocenters. The molecular formula is C12H24BrNO. The number of alkyl halides is 1. The van der Waals surface area contributed by atoms with Crippen molar-refractivity contribution in [1.82, 2.24) is 5.32 Å². The van der Waals surface area contributed by atoms with E-state index in [9.17, 15) is 4.79 Å². The fourth-order valence-electron chi connectivity index (χ4n) is 1.32. The fourth-order valence-corrected chi connectivity index (χ4v) is 1.46. The van der Waals surface area contributed by atoms with Gasteiger partial charge in [0.2, 0.25) is 5.91 Å². The van der Waals surface area contributed by atoms with Crippen LogP contribution in [0.3, 0.4) is 0 Å². The molecule has 0 aromatic carbocycles. The van der Waals surface area contributed by atoms with E-state index < -0.39 is 4.32 Å². The minimum Gasteiger partial charge on any atom is -0.355 e. The summed E-state index contributed by atoms with van der Waals surface area (Å²) in [6, 6.07) is 0. The number of amides is 1. The first kappa shape index (κ1) is 14.9. The highest BCUT2D eigenvalue weighted by Gasteiger charge is 2.22. The predicted octanol–water partition coefficient (Wildman–Crippen LogP) is 3.64. The largest absolute Gasteiger partial charge is 0.355 e. The first-order valence-corrected chi connectivity index (χ1v) is 6.75. The maximum atomic E-state index is 11.4. The molecule has 0 radical (unpaired) electrons. The van der Waals surface area contributed by atoms with Crippen molar-refractivity contribution in [2.75, 3.05) is 6.54 Å². The second kappa shape index (κ2) is 8.14. The third kappa shape index (κ3) is 8.91. The van der Waals surface area contributed by atoms with Gasteiger partial charge in [-0.1, -0.05) is 55.0 Å². The summed E-state index contributed by atoms with van der Waals surface area (Å²) in [5.41, 5.74) is 0. The molecular weight excluding hydrogens is 254 g/mol. The molecule has 1 amide bonds. The number of halogens is 1. The molecule has 3 heteroatoms. The number of hydrogen-bond donors (Lipinski definition) is 1. The third-order valence-electron chi connectivity index (χ3n) is 2.36. The van der Waals surface area contributed by atoms with E-state index in [2.05, 4.69) is 28.2 Å². The summed E-state index contributed by atoms with van der Waals surface area (Å²) in [5.74, 6) is 0.0797. The molecule has 0 aliphatic rings.